The summed E-state index contributed by atoms with van der Waals surface area (Å²) in [5.41, 5.74) is -1.04. The summed E-state index contributed by atoms with van der Waals surface area (Å²) in [7, 11) is -2.07. The van der Waals surface area contributed by atoms with Gasteiger partial charge in [0.2, 0.25) is 5.91 Å². The number of aliphatic imine (C=N–C) groups is 1. The Hall–Kier alpha value is -4.28. The first kappa shape index (κ1) is 26.3. The van der Waals surface area contributed by atoms with Crippen LogP contribution in [0.4, 0.5) is 25.0 Å². The highest BCUT2D eigenvalue weighted by molar-refractivity contribution is 7.91. The molecule has 0 atom stereocenters. The third-order valence-corrected chi connectivity index (χ3v) is 6.81. The number of nitrogens with one attached hydrogen (secondary N) is 2. The molecule has 3 aromatic heterocycles. The lowest BCUT2D eigenvalue weighted by atomic mass is 9.81. The van der Waals surface area contributed by atoms with Crippen molar-refractivity contribution in [3.8, 4) is 5.82 Å². The molecular formula is C22H21F3N8O5S. The zero-order valence-electron chi connectivity index (χ0n) is 20.5. The van der Waals surface area contributed by atoms with Crippen molar-refractivity contribution in [2.45, 2.75) is 18.1 Å². The lowest BCUT2D eigenvalue weighted by molar-refractivity contribution is -0.141. The van der Waals surface area contributed by atoms with Gasteiger partial charge in [0.15, 0.2) is 27.2 Å². The maximum atomic E-state index is 13.3. The Morgan fingerprint density at radius 2 is 2.08 bits per heavy atom. The molecule has 17 heteroatoms. The first-order valence-electron chi connectivity index (χ1n) is 11.4. The van der Waals surface area contributed by atoms with Crippen molar-refractivity contribution in [1.82, 2.24) is 25.1 Å². The van der Waals surface area contributed by atoms with Gasteiger partial charge in [-0.15, -0.1) is 0 Å². The molecule has 3 aromatic rings. The van der Waals surface area contributed by atoms with Crippen LogP contribution in [-0.4, -0.2) is 83.9 Å². The van der Waals surface area contributed by atoms with Crippen LogP contribution < -0.4 is 15.5 Å². The van der Waals surface area contributed by atoms with Crippen LogP contribution in [0.1, 0.15) is 27.3 Å². The number of alkyl halides is 3. The van der Waals surface area contributed by atoms with E-state index in [4.69, 9.17) is 4.42 Å². The van der Waals surface area contributed by atoms with Gasteiger partial charge in [-0.05, 0) is 12.1 Å². The van der Waals surface area contributed by atoms with Crippen molar-refractivity contribution in [3.63, 3.8) is 0 Å². The molecule has 2 N–H and O–H groups in total. The van der Waals surface area contributed by atoms with Gasteiger partial charge in [0, 0.05) is 50.8 Å². The standard InChI is InChI=1S/C22H21F3N8O5S/c1-26-6-12-3-4-15(27-7-12)33-18(29-16(34)9-39(2,36)37)17-13(31-33)5-21(30-19(17)35)10-32(11-21)20-28-14(8-38-20)22(23,24)25/h3-4,6-8H,5,9-11H2,1-2H3,(H,29,34)(H,30,35)/b26-6+. The molecule has 1 fully saturated rings. The fourth-order valence-electron chi connectivity index (χ4n) is 4.48. The van der Waals surface area contributed by atoms with Crippen LogP contribution in [0.25, 0.3) is 5.82 Å². The minimum atomic E-state index is -4.65. The normalized spacial score (nSPS) is 16.7. The van der Waals surface area contributed by atoms with E-state index in [9.17, 15) is 31.2 Å². The predicted molar refractivity (Wildman–Crippen MR) is 131 cm³/mol. The first-order valence-corrected chi connectivity index (χ1v) is 13.4. The molecular weight excluding hydrogens is 545 g/mol. The number of anilines is 2. The van der Waals surface area contributed by atoms with Gasteiger partial charge in [-0.2, -0.15) is 27.9 Å². The van der Waals surface area contributed by atoms with E-state index < -0.39 is 44.8 Å². The number of halogens is 3. The molecule has 0 saturated carbocycles. The van der Waals surface area contributed by atoms with Crippen LogP contribution in [0.15, 0.2) is 34.0 Å². The second-order valence-corrected chi connectivity index (χ2v) is 11.5. The van der Waals surface area contributed by atoms with Crippen LogP contribution in [-0.2, 0) is 27.2 Å². The number of sulfone groups is 1. The summed E-state index contributed by atoms with van der Waals surface area (Å²) in [4.78, 5) is 38.9. The highest BCUT2D eigenvalue weighted by Crippen LogP contribution is 2.38. The van der Waals surface area contributed by atoms with Crippen molar-refractivity contribution in [1.29, 1.82) is 0 Å². The van der Waals surface area contributed by atoms with Crippen molar-refractivity contribution < 1.29 is 35.6 Å². The number of amides is 2. The molecule has 2 aliphatic rings. The Labute approximate surface area is 219 Å². The highest BCUT2D eigenvalue weighted by atomic mass is 32.2. The minimum Gasteiger partial charge on any atom is -0.431 e. The fourth-order valence-corrected chi connectivity index (χ4v) is 5.03. The zero-order valence-corrected chi connectivity index (χ0v) is 21.3. The molecule has 0 bridgehead atoms. The second kappa shape index (κ2) is 9.18. The molecule has 1 spiro atoms. The van der Waals surface area contributed by atoms with Crippen molar-refractivity contribution in [3.05, 3.63) is 47.1 Å². The van der Waals surface area contributed by atoms with Gasteiger partial charge in [0.05, 0.1) is 11.2 Å². The van der Waals surface area contributed by atoms with E-state index in [1.165, 1.54) is 15.8 Å². The Morgan fingerprint density at radius 3 is 2.67 bits per heavy atom. The van der Waals surface area contributed by atoms with Crippen molar-refractivity contribution >= 4 is 39.7 Å². The number of carbonyl (C=O) groups excluding carboxylic acids is 2. The van der Waals surface area contributed by atoms with Gasteiger partial charge in [-0.25, -0.2) is 13.4 Å². The van der Waals surface area contributed by atoms with Crippen LogP contribution in [0.2, 0.25) is 0 Å². The summed E-state index contributed by atoms with van der Waals surface area (Å²) in [6.45, 7) is 0.198. The Bertz CT molecular complexity index is 1590. The van der Waals surface area contributed by atoms with E-state index in [1.54, 1.807) is 25.4 Å². The van der Waals surface area contributed by atoms with Crippen LogP contribution in [0.5, 0.6) is 0 Å². The summed E-state index contributed by atoms with van der Waals surface area (Å²) in [5, 5.41) is 9.81. The van der Waals surface area contributed by atoms with Crippen molar-refractivity contribution in [2.75, 3.05) is 42.4 Å². The van der Waals surface area contributed by atoms with Gasteiger partial charge in [0.1, 0.15) is 17.6 Å². The Kier molecular flexibility index (Phi) is 6.20. The highest BCUT2D eigenvalue weighted by Gasteiger charge is 2.51. The first-order chi connectivity index (χ1) is 18.3. The summed E-state index contributed by atoms with van der Waals surface area (Å²) in [6.07, 6.45) is 0.0142. The summed E-state index contributed by atoms with van der Waals surface area (Å²) in [6, 6.07) is 3.04. The van der Waals surface area contributed by atoms with Crippen LogP contribution >= 0.6 is 0 Å². The lowest BCUT2D eigenvalue weighted by Crippen LogP contribution is -2.73. The van der Waals surface area contributed by atoms with E-state index in [1.807, 2.05) is 0 Å². The molecule has 1 saturated heterocycles. The van der Waals surface area contributed by atoms with E-state index in [0.29, 0.717) is 11.8 Å². The van der Waals surface area contributed by atoms with E-state index in [-0.39, 0.29) is 48.4 Å². The second-order valence-electron chi connectivity index (χ2n) is 9.32. The predicted octanol–water partition coefficient (Wildman–Crippen LogP) is 0.851. The number of carbonyl (C=O) groups is 2. The monoisotopic (exact) mass is 566 g/mol. The largest absolute Gasteiger partial charge is 0.436 e. The molecule has 0 aromatic carbocycles. The Balaban J connectivity index is 1.45. The smallest absolute Gasteiger partial charge is 0.431 e. The number of hydrogen-bond acceptors (Lipinski definition) is 10. The maximum absolute atomic E-state index is 13.3. The molecule has 0 unspecified atom stereocenters. The zero-order chi connectivity index (χ0) is 28.2. The third kappa shape index (κ3) is 5.21. The van der Waals surface area contributed by atoms with Gasteiger partial charge in [0.25, 0.3) is 11.9 Å². The van der Waals surface area contributed by atoms with Crippen molar-refractivity contribution in [2.24, 2.45) is 4.99 Å². The average Bonchev–Trinajstić information content (AvgIpc) is 3.42. The summed E-state index contributed by atoms with van der Waals surface area (Å²) < 4.78 is 68.2. The quantitative estimate of drug-likeness (QED) is 0.412. The van der Waals surface area contributed by atoms with Crippen LogP contribution in [0.3, 0.4) is 0 Å². The molecule has 0 radical (unpaired) electrons. The molecule has 2 amide bonds. The molecule has 2 aliphatic heterocycles. The van der Waals surface area contributed by atoms with Gasteiger partial charge in [-0.1, -0.05) is 0 Å². The van der Waals surface area contributed by atoms with Crippen LogP contribution in [0, 0.1) is 0 Å². The molecule has 5 heterocycles. The van der Waals surface area contributed by atoms with Gasteiger partial charge in [-0.3, -0.25) is 14.6 Å². The van der Waals surface area contributed by atoms with Gasteiger partial charge < -0.3 is 20.0 Å². The number of aromatic nitrogens is 4. The molecule has 13 nitrogen and oxygen atoms in total. The molecule has 5 rings (SSSR count). The lowest BCUT2D eigenvalue weighted by Gasteiger charge is -2.51. The van der Waals surface area contributed by atoms with E-state index >= 15 is 0 Å². The Morgan fingerprint density at radius 1 is 1.33 bits per heavy atom. The van der Waals surface area contributed by atoms with E-state index in [0.717, 1.165) is 6.26 Å². The number of fused-ring (bicyclic) bond motifs is 1. The minimum absolute atomic E-state index is 0.0254. The number of hydrogen-bond donors (Lipinski definition) is 2. The fraction of sp³-hybridized carbons (Fsp3) is 0.364. The molecule has 206 valence electrons. The number of pyridine rings is 1. The maximum Gasteiger partial charge on any atom is 0.436 e. The molecule has 39 heavy (non-hydrogen) atoms. The van der Waals surface area contributed by atoms with E-state index in [2.05, 4.69) is 30.7 Å². The molecule has 0 aliphatic carbocycles. The number of nitrogens with zero attached hydrogens (tertiary/aromatic N) is 6. The van der Waals surface area contributed by atoms with Gasteiger partial charge >= 0.3 is 6.18 Å². The average molecular weight is 567 g/mol. The summed E-state index contributed by atoms with van der Waals surface area (Å²) in [5.74, 6) is -2.11. The topological polar surface area (TPSA) is 165 Å². The SMILES string of the molecule is C/N=C/c1ccc(-n2nc3c(c2NC(=O)CS(C)(=O)=O)C(=O)NC2(C3)CN(c3nc(C(F)(F)F)co3)C2)nc1. The third-order valence-electron chi connectivity index (χ3n) is 6.03. The number of rotatable bonds is 6. The number of oxazole rings is 1. The summed E-state index contributed by atoms with van der Waals surface area (Å²) >= 11 is 0.